The number of carboxylic acids is 1. The first-order valence-corrected chi connectivity index (χ1v) is 11.3. The van der Waals surface area contributed by atoms with Crippen molar-refractivity contribution in [1.82, 2.24) is 4.98 Å². The van der Waals surface area contributed by atoms with Crippen molar-refractivity contribution < 1.29 is 14.6 Å². The summed E-state index contributed by atoms with van der Waals surface area (Å²) in [6.45, 7) is 0.359. The molecule has 1 aromatic carbocycles. The molecule has 2 aromatic rings. The third kappa shape index (κ3) is 6.03. The predicted octanol–water partition coefficient (Wildman–Crippen LogP) is 6.00. The van der Waals surface area contributed by atoms with Crippen molar-refractivity contribution in [2.75, 3.05) is 11.6 Å². The highest BCUT2D eigenvalue weighted by Gasteiger charge is 2.45. The Morgan fingerprint density at radius 1 is 1.25 bits per heavy atom. The molecule has 0 saturated heterocycles. The highest BCUT2D eigenvalue weighted by atomic mass is 35.5. The number of carboxylic acid groups (broad SMARTS) is 1. The van der Waals surface area contributed by atoms with Crippen LogP contribution in [0.2, 0.25) is 5.02 Å². The van der Waals surface area contributed by atoms with Gasteiger partial charge in [0.2, 0.25) is 0 Å². The minimum absolute atomic E-state index is 0.0128. The Kier molecular flexibility index (Phi) is 7.89. The molecule has 1 aromatic heterocycles. The SMILES string of the molecule is O=C(O)C1CC1c1ccc(OCc2cccc(SCCCCCCl)n2)cc1Cl. The second kappa shape index (κ2) is 10.4. The van der Waals surface area contributed by atoms with Gasteiger partial charge in [0.05, 0.1) is 16.6 Å². The molecule has 1 N–H and O–H groups in total. The van der Waals surface area contributed by atoms with Crippen molar-refractivity contribution >= 4 is 40.9 Å². The number of aromatic nitrogens is 1. The van der Waals surface area contributed by atoms with Gasteiger partial charge in [-0.05, 0) is 60.8 Å². The number of aliphatic carboxylic acids is 1. The zero-order chi connectivity index (χ0) is 19.9. The van der Waals surface area contributed by atoms with E-state index in [4.69, 9.17) is 33.0 Å². The minimum atomic E-state index is -0.760. The molecule has 1 fully saturated rings. The Labute approximate surface area is 179 Å². The Morgan fingerprint density at radius 3 is 2.82 bits per heavy atom. The monoisotopic (exact) mass is 439 g/mol. The zero-order valence-electron chi connectivity index (χ0n) is 15.4. The molecule has 7 heteroatoms. The zero-order valence-corrected chi connectivity index (χ0v) is 17.8. The van der Waals surface area contributed by atoms with Gasteiger partial charge in [0, 0.05) is 10.9 Å². The van der Waals surface area contributed by atoms with Gasteiger partial charge in [-0.15, -0.1) is 23.4 Å². The number of pyridine rings is 1. The quantitative estimate of drug-likeness (QED) is 0.264. The number of halogens is 2. The lowest BCUT2D eigenvalue weighted by molar-refractivity contribution is -0.138. The molecule has 28 heavy (non-hydrogen) atoms. The Hall–Kier alpha value is -1.43. The van der Waals surface area contributed by atoms with E-state index < -0.39 is 5.97 Å². The summed E-state index contributed by atoms with van der Waals surface area (Å²) in [4.78, 5) is 15.7. The summed E-state index contributed by atoms with van der Waals surface area (Å²) >= 11 is 13.8. The summed E-state index contributed by atoms with van der Waals surface area (Å²) < 4.78 is 5.83. The lowest BCUT2D eigenvalue weighted by Crippen LogP contribution is -2.00. The number of hydrogen-bond acceptors (Lipinski definition) is 4. The van der Waals surface area contributed by atoms with E-state index in [0.717, 1.165) is 47.2 Å². The lowest BCUT2D eigenvalue weighted by Gasteiger charge is -2.09. The van der Waals surface area contributed by atoms with Crippen molar-refractivity contribution in [3.05, 3.63) is 52.7 Å². The molecule has 1 aliphatic carbocycles. The van der Waals surface area contributed by atoms with Crippen LogP contribution in [0.3, 0.4) is 0 Å². The maximum absolute atomic E-state index is 11.0. The molecular formula is C21H23Cl2NO3S. The second-order valence-corrected chi connectivity index (χ2v) is 8.72. The maximum atomic E-state index is 11.0. The molecule has 1 aliphatic rings. The molecule has 2 unspecified atom stereocenters. The van der Waals surface area contributed by atoms with Crippen molar-refractivity contribution in [2.45, 2.75) is 43.2 Å². The fourth-order valence-corrected chi connectivity index (χ4v) is 4.45. The first kappa shape index (κ1) is 21.3. The van der Waals surface area contributed by atoms with E-state index in [9.17, 15) is 4.79 Å². The molecule has 0 radical (unpaired) electrons. The third-order valence-electron chi connectivity index (χ3n) is 4.67. The topological polar surface area (TPSA) is 59.4 Å². The van der Waals surface area contributed by atoms with Crippen LogP contribution in [0, 0.1) is 5.92 Å². The van der Waals surface area contributed by atoms with Gasteiger partial charge in [-0.1, -0.05) is 30.2 Å². The number of alkyl halides is 1. The molecule has 0 bridgehead atoms. The van der Waals surface area contributed by atoms with Crippen LogP contribution in [0.5, 0.6) is 5.75 Å². The first-order valence-electron chi connectivity index (χ1n) is 9.38. The normalized spacial score (nSPS) is 18.1. The number of thioether (sulfide) groups is 1. The van der Waals surface area contributed by atoms with Gasteiger partial charge in [-0.3, -0.25) is 4.79 Å². The van der Waals surface area contributed by atoms with Crippen LogP contribution in [0.1, 0.15) is 42.9 Å². The van der Waals surface area contributed by atoms with Gasteiger partial charge < -0.3 is 9.84 Å². The van der Waals surface area contributed by atoms with Crippen LogP contribution in [-0.4, -0.2) is 27.7 Å². The summed E-state index contributed by atoms with van der Waals surface area (Å²) in [7, 11) is 0. The highest BCUT2D eigenvalue weighted by Crippen LogP contribution is 2.50. The van der Waals surface area contributed by atoms with Gasteiger partial charge >= 0.3 is 5.97 Å². The maximum Gasteiger partial charge on any atom is 0.307 e. The van der Waals surface area contributed by atoms with E-state index in [1.165, 1.54) is 0 Å². The van der Waals surface area contributed by atoms with E-state index in [0.29, 0.717) is 23.8 Å². The number of ether oxygens (including phenoxy) is 1. The number of hydrogen-bond donors (Lipinski definition) is 1. The molecule has 0 amide bonds. The molecule has 0 spiro atoms. The van der Waals surface area contributed by atoms with Crippen LogP contribution in [0.15, 0.2) is 41.4 Å². The summed E-state index contributed by atoms with van der Waals surface area (Å²) in [5, 5.41) is 10.6. The molecule has 0 aliphatic heterocycles. The summed E-state index contributed by atoms with van der Waals surface area (Å²) in [5.74, 6) is 1.35. The van der Waals surface area contributed by atoms with Crippen LogP contribution in [-0.2, 0) is 11.4 Å². The third-order valence-corrected chi connectivity index (χ3v) is 6.29. The molecule has 150 valence electrons. The Balaban J connectivity index is 1.51. The van der Waals surface area contributed by atoms with Crippen LogP contribution in [0.25, 0.3) is 0 Å². The average molecular weight is 440 g/mol. The van der Waals surface area contributed by atoms with Crippen LogP contribution >= 0.6 is 35.0 Å². The average Bonchev–Trinajstić information content (AvgIpc) is 3.47. The lowest BCUT2D eigenvalue weighted by atomic mass is 10.1. The standard InChI is InChI=1S/C21H23Cl2NO3S/c22-9-2-1-3-10-28-20-6-4-5-14(24-20)13-27-15-7-8-16(19(23)11-15)17-12-18(17)21(25)26/h4-8,11,17-18H,1-3,9-10,12-13H2,(H,25,26). The van der Waals surface area contributed by atoms with Crippen LogP contribution in [0.4, 0.5) is 0 Å². The summed E-state index contributed by atoms with van der Waals surface area (Å²) in [6, 6.07) is 11.4. The molecule has 4 nitrogen and oxygen atoms in total. The fraction of sp³-hybridized carbons (Fsp3) is 0.429. The van der Waals surface area contributed by atoms with Gasteiger partial charge in [-0.2, -0.15) is 0 Å². The molecule has 2 atom stereocenters. The highest BCUT2D eigenvalue weighted by molar-refractivity contribution is 7.99. The van der Waals surface area contributed by atoms with E-state index in [1.807, 2.05) is 30.3 Å². The van der Waals surface area contributed by atoms with Crippen LogP contribution < -0.4 is 4.74 Å². The van der Waals surface area contributed by atoms with E-state index in [1.54, 1.807) is 17.8 Å². The number of rotatable bonds is 11. The minimum Gasteiger partial charge on any atom is -0.487 e. The second-order valence-electron chi connectivity index (χ2n) is 6.82. The number of nitrogens with zero attached hydrogens (tertiary/aromatic N) is 1. The molecule has 3 rings (SSSR count). The van der Waals surface area contributed by atoms with Gasteiger partial charge in [-0.25, -0.2) is 4.98 Å². The predicted molar refractivity (Wildman–Crippen MR) is 114 cm³/mol. The summed E-state index contributed by atoms with van der Waals surface area (Å²) in [6.07, 6.45) is 3.98. The van der Waals surface area contributed by atoms with Gasteiger partial charge in [0.1, 0.15) is 12.4 Å². The van der Waals surface area contributed by atoms with Gasteiger partial charge in [0.25, 0.3) is 0 Å². The summed E-state index contributed by atoms with van der Waals surface area (Å²) in [5.41, 5.74) is 1.74. The van der Waals surface area contributed by atoms with Crippen molar-refractivity contribution in [2.24, 2.45) is 5.92 Å². The van der Waals surface area contributed by atoms with E-state index in [-0.39, 0.29) is 11.8 Å². The van der Waals surface area contributed by atoms with E-state index >= 15 is 0 Å². The van der Waals surface area contributed by atoms with Crippen molar-refractivity contribution in [3.63, 3.8) is 0 Å². The Morgan fingerprint density at radius 2 is 2.11 bits per heavy atom. The number of carbonyl (C=O) groups is 1. The number of benzene rings is 1. The van der Waals surface area contributed by atoms with Crippen molar-refractivity contribution in [1.29, 1.82) is 0 Å². The molecule has 1 saturated carbocycles. The van der Waals surface area contributed by atoms with E-state index in [2.05, 4.69) is 4.98 Å². The number of unbranched alkanes of at least 4 members (excludes halogenated alkanes) is 2. The molecule has 1 heterocycles. The molecular weight excluding hydrogens is 417 g/mol. The largest absolute Gasteiger partial charge is 0.487 e. The Bertz CT molecular complexity index is 818. The van der Waals surface area contributed by atoms with Crippen molar-refractivity contribution in [3.8, 4) is 5.75 Å². The first-order chi connectivity index (χ1) is 13.6. The smallest absolute Gasteiger partial charge is 0.307 e. The fourth-order valence-electron chi connectivity index (χ4n) is 3.04. The van der Waals surface area contributed by atoms with Gasteiger partial charge in [0.15, 0.2) is 0 Å².